The van der Waals surface area contributed by atoms with Gasteiger partial charge in [0.05, 0.1) is 13.0 Å². The SMILES string of the molecule is Cc1ccc(OCCC(=O)OCC(=O)N(C)C2CCC(C)CC2)cc1. The Morgan fingerprint density at radius 1 is 1.12 bits per heavy atom. The molecule has 0 spiro atoms. The first-order valence-electron chi connectivity index (χ1n) is 9.06. The van der Waals surface area contributed by atoms with E-state index in [1.807, 2.05) is 31.2 Å². The van der Waals surface area contributed by atoms with Crippen molar-refractivity contribution < 1.29 is 19.1 Å². The van der Waals surface area contributed by atoms with Crippen LogP contribution in [0.15, 0.2) is 24.3 Å². The van der Waals surface area contributed by atoms with Crippen molar-refractivity contribution in [2.24, 2.45) is 5.92 Å². The van der Waals surface area contributed by atoms with Crippen LogP contribution in [0.3, 0.4) is 0 Å². The third kappa shape index (κ3) is 6.40. The van der Waals surface area contributed by atoms with E-state index in [0.717, 1.165) is 42.9 Å². The van der Waals surface area contributed by atoms with Gasteiger partial charge in [-0.2, -0.15) is 0 Å². The van der Waals surface area contributed by atoms with Gasteiger partial charge < -0.3 is 14.4 Å². The molecule has 0 bridgehead atoms. The van der Waals surface area contributed by atoms with Crippen molar-refractivity contribution in [1.82, 2.24) is 4.90 Å². The van der Waals surface area contributed by atoms with E-state index in [1.54, 1.807) is 11.9 Å². The summed E-state index contributed by atoms with van der Waals surface area (Å²) in [6.07, 6.45) is 4.49. The normalized spacial score (nSPS) is 20.0. The van der Waals surface area contributed by atoms with E-state index in [4.69, 9.17) is 9.47 Å². The van der Waals surface area contributed by atoms with Crippen molar-refractivity contribution in [2.45, 2.75) is 52.0 Å². The molecule has 0 saturated heterocycles. The van der Waals surface area contributed by atoms with Crippen molar-refractivity contribution in [2.75, 3.05) is 20.3 Å². The van der Waals surface area contributed by atoms with Crippen LogP contribution in [0.25, 0.3) is 0 Å². The van der Waals surface area contributed by atoms with Crippen LogP contribution in [-0.2, 0) is 14.3 Å². The largest absolute Gasteiger partial charge is 0.493 e. The summed E-state index contributed by atoms with van der Waals surface area (Å²) < 4.78 is 10.6. The Morgan fingerprint density at radius 2 is 1.76 bits per heavy atom. The minimum absolute atomic E-state index is 0.131. The summed E-state index contributed by atoms with van der Waals surface area (Å²) in [5, 5.41) is 0. The number of aryl methyl sites for hydroxylation is 1. The molecule has 5 heteroatoms. The Hall–Kier alpha value is -2.04. The lowest BCUT2D eigenvalue weighted by molar-refractivity contribution is -0.153. The second kappa shape index (κ2) is 9.44. The van der Waals surface area contributed by atoms with Crippen LogP contribution in [0, 0.1) is 12.8 Å². The molecular weight excluding hydrogens is 318 g/mol. The summed E-state index contributed by atoms with van der Waals surface area (Å²) in [4.78, 5) is 25.7. The number of nitrogens with zero attached hydrogens (tertiary/aromatic N) is 1. The smallest absolute Gasteiger partial charge is 0.309 e. The fraction of sp³-hybridized carbons (Fsp3) is 0.600. The zero-order valence-electron chi connectivity index (χ0n) is 15.5. The minimum Gasteiger partial charge on any atom is -0.493 e. The molecule has 1 saturated carbocycles. The molecule has 5 nitrogen and oxygen atoms in total. The Kier molecular flexibility index (Phi) is 7.29. The highest BCUT2D eigenvalue weighted by molar-refractivity contribution is 5.80. The zero-order chi connectivity index (χ0) is 18.2. The van der Waals surface area contributed by atoms with Gasteiger partial charge in [0.1, 0.15) is 5.75 Å². The first-order valence-corrected chi connectivity index (χ1v) is 9.06. The van der Waals surface area contributed by atoms with Gasteiger partial charge in [0.15, 0.2) is 6.61 Å². The van der Waals surface area contributed by atoms with Gasteiger partial charge in [-0.15, -0.1) is 0 Å². The third-order valence-electron chi connectivity index (χ3n) is 4.88. The van der Waals surface area contributed by atoms with E-state index in [9.17, 15) is 9.59 Å². The van der Waals surface area contributed by atoms with Crippen LogP contribution >= 0.6 is 0 Å². The monoisotopic (exact) mass is 347 g/mol. The van der Waals surface area contributed by atoms with Gasteiger partial charge in [-0.1, -0.05) is 24.6 Å². The highest BCUT2D eigenvalue weighted by Gasteiger charge is 2.25. The first-order chi connectivity index (χ1) is 12.0. The van der Waals surface area contributed by atoms with E-state index in [1.165, 1.54) is 0 Å². The van der Waals surface area contributed by atoms with E-state index < -0.39 is 5.97 Å². The van der Waals surface area contributed by atoms with Crippen LogP contribution in [0.4, 0.5) is 0 Å². The number of ether oxygens (including phenoxy) is 2. The molecule has 1 aromatic rings. The van der Waals surface area contributed by atoms with Crippen molar-refractivity contribution in [1.29, 1.82) is 0 Å². The Morgan fingerprint density at radius 3 is 2.40 bits per heavy atom. The lowest BCUT2D eigenvalue weighted by Crippen LogP contribution is -2.41. The minimum atomic E-state index is -0.411. The molecule has 0 unspecified atom stereocenters. The maximum absolute atomic E-state index is 12.2. The first kappa shape index (κ1) is 19.3. The topological polar surface area (TPSA) is 55.8 Å². The Balaban J connectivity index is 1.63. The number of hydrogen-bond acceptors (Lipinski definition) is 4. The zero-order valence-corrected chi connectivity index (χ0v) is 15.5. The fourth-order valence-corrected chi connectivity index (χ4v) is 3.04. The summed E-state index contributed by atoms with van der Waals surface area (Å²) in [6, 6.07) is 7.91. The van der Waals surface area contributed by atoms with Crippen LogP contribution in [0.1, 0.15) is 44.6 Å². The van der Waals surface area contributed by atoms with Crippen molar-refractivity contribution in [3.05, 3.63) is 29.8 Å². The fourth-order valence-electron chi connectivity index (χ4n) is 3.04. The highest BCUT2D eigenvalue weighted by atomic mass is 16.5. The third-order valence-corrected chi connectivity index (χ3v) is 4.88. The molecule has 2 rings (SSSR count). The van der Waals surface area contributed by atoms with Crippen molar-refractivity contribution >= 4 is 11.9 Å². The average molecular weight is 347 g/mol. The Labute approximate surface area is 150 Å². The Bertz CT molecular complexity index is 562. The molecule has 0 heterocycles. The predicted octanol–water partition coefficient (Wildman–Crippen LogP) is 3.34. The highest BCUT2D eigenvalue weighted by Crippen LogP contribution is 2.26. The second-order valence-corrected chi connectivity index (χ2v) is 6.99. The quantitative estimate of drug-likeness (QED) is 0.710. The molecule has 1 amide bonds. The maximum Gasteiger partial charge on any atom is 0.309 e. The average Bonchev–Trinajstić information content (AvgIpc) is 2.61. The molecule has 1 aliphatic rings. The summed E-state index contributed by atoms with van der Waals surface area (Å²) >= 11 is 0. The molecule has 0 aromatic heterocycles. The van der Waals surface area contributed by atoms with Gasteiger partial charge >= 0.3 is 5.97 Å². The van der Waals surface area contributed by atoms with Crippen LogP contribution in [-0.4, -0.2) is 43.1 Å². The van der Waals surface area contributed by atoms with Crippen LogP contribution in [0.5, 0.6) is 5.75 Å². The second-order valence-electron chi connectivity index (χ2n) is 6.99. The summed E-state index contributed by atoms with van der Waals surface area (Å²) in [7, 11) is 1.80. The number of carbonyl (C=O) groups excluding carboxylic acids is 2. The molecule has 0 aliphatic heterocycles. The number of esters is 1. The standard InChI is InChI=1S/C20H29NO4/c1-15-4-8-17(9-5-15)21(3)19(22)14-25-20(23)12-13-24-18-10-6-16(2)7-11-18/h6-7,10-11,15,17H,4-5,8-9,12-14H2,1-3H3. The molecule has 1 aromatic carbocycles. The molecule has 0 atom stereocenters. The van der Waals surface area contributed by atoms with Gasteiger partial charge in [-0.05, 0) is 50.7 Å². The number of benzene rings is 1. The van der Waals surface area contributed by atoms with Gasteiger partial charge in [0.25, 0.3) is 5.91 Å². The number of carbonyl (C=O) groups is 2. The number of rotatable bonds is 7. The van der Waals surface area contributed by atoms with Crippen LogP contribution in [0.2, 0.25) is 0 Å². The molecule has 0 radical (unpaired) electrons. The summed E-state index contributed by atoms with van der Waals surface area (Å²) in [6.45, 7) is 4.31. The lowest BCUT2D eigenvalue weighted by Gasteiger charge is -2.33. The number of likely N-dealkylation sites (N-methyl/N-ethyl adjacent to an activating group) is 1. The van der Waals surface area contributed by atoms with Gasteiger partial charge in [0, 0.05) is 13.1 Å². The van der Waals surface area contributed by atoms with E-state index >= 15 is 0 Å². The van der Waals surface area contributed by atoms with Crippen LogP contribution < -0.4 is 4.74 Å². The number of hydrogen-bond donors (Lipinski definition) is 0. The molecule has 25 heavy (non-hydrogen) atoms. The van der Waals surface area contributed by atoms with E-state index in [2.05, 4.69) is 6.92 Å². The van der Waals surface area contributed by atoms with Gasteiger partial charge in [0.2, 0.25) is 0 Å². The molecule has 0 N–H and O–H groups in total. The molecular formula is C20H29NO4. The van der Waals surface area contributed by atoms with Crippen molar-refractivity contribution in [3.63, 3.8) is 0 Å². The van der Waals surface area contributed by atoms with Crippen molar-refractivity contribution in [3.8, 4) is 5.75 Å². The maximum atomic E-state index is 12.2. The summed E-state index contributed by atoms with van der Waals surface area (Å²) in [5.41, 5.74) is 1.15. The van der Waals surface area contributed by atoms with Gasteiger partial charge in [-0.3, -0.25) is 9.59 Å². The lowest BCUT2D eigenvalue weighted by atomic mass is 9.87. The van der Waals surface area contributed by atoms with E-state index in [0.29, 0.717) is 0 Å². The predicted molar refractivity (Wildman–Crippen MR) is 96.4 cm³/mol. The number of amides is 1. The van der Waals surface area contributed by atoms with E-state index in [-0.39, 0.29) is 31.6 Å². The molecule has 1 fully saturated rings. The molecule has 1 aliphatic carbocycles. The molecule has 138 valence electrons. The van der Waals surface area contributed by atoms with Gasteiger partial charge in [-0.25, -0.2) is 0 Å². The summed E-state index contributed by atoms with van der Waals surface area (Å²) in [5.74, 6) is 0.922.